The summed E-state index contributed by atoms with van der Waals surface area (Å²) in [7, 11) is 1.09. The van der Waals surface area contributed by atoms with E-state index in [1.165, 1.54) is 4.90 Å². The molecular formula is C10H16OS. The first-order chi connectivity index (χ1) is 5.54. The van der Waals surface area contributed by atoms with Crippen LogP contribution in [0.25, 0.3) is 0 Å². The number of benzene rings is 1. The Hall–Kier alpha value is -0.630. The van der Waals surface area contributed by atoms with Crippen LogP contribution in [-0.2, 0) is 0 Å². The number of rotatable bonds is 2. The van der Waals surface area contributed by atoms with Crippen molar-refractivity contribution >= 4 is 10.0 Å². The average Bonchev–Trinajstić information content (AvgIpc) is 2.03. The monoisotopic (exact) mass is 184 g/mol. The van der Waals surface area contributed by atoms with Crippen molar-refractivity contribution in [2.45, 2.75) is 4.90 Å². The zero-order valence-corrected chi connectivity index (χ0v) is 8.94. The van der Waals surface area contributed by atoms with E-state index in [4.69, 9.17) is 4.74 Å². The Labute approximate surface area is 76.1 Å². The van der Waals surface area contributed by atoms with Crippen molar-refractivity contribution in [1.82, 2.24) is 0 Å². The van der Waals surface area contributed by atoms with Crippen molar-refractivity contribution in [1.29, 1.82) is 0 Å². The van der Waals surface area contributed by atoms with Crippen LogP contribution in [0.15, 0.2) is 29.2 Å². The topological polar surface area (TPSA) is 9.23 Å². The van der Waals surface area contributed by atoms with Gasteiger partial charge in [-0.1, -0.05) is 6.07 Å². The molecule has 0 unspecified atom stereocenters. The molecule has 0 fully saturated rings. The molecule has 12 heavy (non-hydrogen) atoms. The van der Waals surface area contributed by atoms with Gasteiger partial charge in [-0.05, 0) is 41.9 Å². The second kappa shape index (κ2) is 3.40. The van der Waals surface area contributed by atoms with Crippen LogP contribution in [-0.4, -0.2) is 25.9 Å². The Morgan fingerprint density at radius 2 is 1.83 bits per heavy atom. The highest BCUT2D eigenvalue weighted by molar-refractivity contribution is 8.32. The smallest absolute Gasteiger partial charge is 0.119 e. The zero-order valence-electron chi connectivity index (χ0n) is 8.13. The molecule has 0 N–H and O–H groups in total. The van der Waals surface area contributed by atoms with Crippen LogP contribution in [0, 0.1) is 0 Å². The van der Waals surface area contributed by atoms with Gasteiger partial charge in [0.1, 0.15) is 5.75 Å². The van der Waals surface area contributed by atoms with Crippen molar-refractivity contribution in [2.24, 2.45) is 0 Å². The Kier molecular flexibility index (Phi) is 2.68. The SMILES string of the molecule is COc1cccc(S(C)(C)C)c1. The van der Waals surface area contributed by atoms with Gasteiger partial charge >= 0.3 is 0 Å². The first-order valence-electron chi connectivity index (χ1n) is 3.86. The summed E-state index contributed by atoms with van der Waals surface area (Å²) in [5.41, 5.74) is 0. The molecule has 0 aliphatic rings. The summed E-state index contributed by atoms with van der Waals surface area (Å²) >= 11 is 0. The van der Waals surface area contributed by atoms with Crippen LogP contribution < -0.4 is 4.74 Å². The maximum atomic E-state index is 5.16. The molecule has 0 heterocycles. The number of ether oxygens (including phenoxy) is 1. The second-order valence-electron chi connectivity index (χ2n) is 3.52. The molecular weight excluding hydrogens is 168 g/mol. The molecule has 0 saturated carbocycles. The van der Waals surface area contributed by atoms with Crippen molar-refractivity contribution < 1.29 is 4.74 Å². The Morgan fingerprint density at radius 3 is 2.33 bits per heavy atom. The van der Waals surface area contributed by atoms with Crippen LogP contribution in [0.1, 0.15) is 0 Å². The fraction of sp³-hybridized carbons (Fsp3) is 0.400. The minimum Gasteiger partial charge on any atom is -0.497 e. The lowest BCUT2D eigenvalue weighted by molar-refractivity contribution is 0.413. The first-order valence-corrected chi connectivity index (χ1v) is 6.72. The van der Waals surface area contributed by atoms with E-state index in [0.717, 1.165) is 5.75 Å². The van der Waals surface area contributed by atoms with E-state index in [1.54, 1.807) is 7.11 Å². The molecule has 0 saturated heterocycles. The van der Waals surface area contributed by atoms with Crippen molar-refractivity contribution in [3.05, 3.63) is 24.3 Å². The molecule has 0 aromatic heterocycles. The molecule has 2 heteroatoms. The lowest BCUT2D eigenvalue weighted by Crippen LogP contribution is -1.93. The van der Waals surface area contributed by atoms with E-state index >= 15 is 0 Å². The second-order valence-corrected chi connectivity index (χ2v) is 7.66. The molecule has 1 rings (SSSR count). The molecule has 1 aromatic rings. The molecule has 0 bridgehead atoms. The van der Waals surface area contributed by atoms with Gasteiger partial charge in [0.05, 0.1) is 7.11 Å². The first kappa shape index (κ1) is 9.46. The summed E-state index contributed by atoms with van der Waals surface area (Å²) in [5.74, 6) is 0.954. The predicted octanol–water partition coefficient (Wildman–Crippen LogP) is 2.75. The predicted molar refractivity (Wildman–Crippen MR) is 56.6 cm³/mol. The quantitative estimate of drug-likeness (QED) is 0.686. The molecule has 0 radical (unpaired) electrons. The number of hydrogen-bond acceptors (Lipinski definition) is 1. The van der Waals surface area contributed by atoms with Gasteiger partial charge in [-0.2, -0.15) is 0 Å². The van der Waals surface area contributed by atoms with E-state index in [9.17, 15) is 0 Å². The molecule has 1 nitrogen and oxygen atoms in total. The zero-order chi connectivity index (χ0) is 9.19. The third-order valence-corrected chi connectivity index (χ3v) is 3.42. The molecule has 1 aromatic carbocycles. The number of methoxy groups -OCH3 is 1. The molecule has 68 valence electrons. The normalized spacial score (nSPS) is 12.7. The van der Waals surface area contributed by atoms with Crippen molar-refractivity contribution in [3.8, 4) is 5.75 Å². The van der Waals surface area contributed by atoms with Gasteiger partial charge in [0.2, 0.25) is 0 Å². The van der Waals surface area contributed by atoms with E-state index in [-0.39, 0.29) is 0 Å². The summed E-state index contributed by atoms with van der Waals surface area (Å²) in [6, 6.07) is 8.31. The van der Waals surface area contributed by atoms with Gasteiger partial charge in [0.25, 0.3) is 0 Å². The minimum absolute atomic E-state index is 0.615. The minimum atomic E-state index is -0.615. The van der Waals surface area contributed by atoms with Crippen LogP contribution in [0.3, 0.4) is 0 Å². The average molecular weight is 184 g/mol. The largest absolute Gasteiger partial charge is 0.497 e. The van der Waals surface area contributed by atoms with E-state index in [1.807, 2.05) is 12.1 Å². The van der Waals surface area contributed by atoms with Crippen LogP contribution >= 0.6 is 10.0 Å². The molecule has 0 atom stereocenters. The Morgan fingerprint density at radius 1 is 1.17 bits per heavy atom. The fourth-order valence-corrected chi connectivity index (χ4v) is 1.94. The van der Waals surface area contributed by atoms with Crippen LogP contribution in [0.4, 0.5) is 0 Å². The molecule has 0 aliphatic heterocycles. The maximum Gasteiger partial charge on any atom is 0.119 e. The van der Waals surface area contributed by atoms with Gasteiger partial charge in [-0.3, -0.25) is 0 Å². The molecule has 0 aliphatic carbocycles. The van der Waals surface area contributed by atoms with Crippen LogP contribution in [0.5, 0.6) is 5.75 Å². The third kappa shape index (κ3) is 2.18. The summed E-state index contributed by atoms with van der Waals surface area (Å²) in [4.78, 5) is 1.39. The van der Waals surface area contributed by atoms with Gasteiger partial charge in [-0.25, -0.2) is 10.0 Å². The van der Waals surface area contributed by atoms with E-state index in [2.05, 4.69) is 30.9 Å². The maximum absolute atomic E-state index is 5.16. The standard InChI is InChI=1S/C10H16OS/c1-11-9-6-5-7-10(8-9)12(2,3)4/h5-8H,1-4H3. The molecule has 0 spiro atoms. The molecule has 0 amide bonds. The van der Waals surface area contributed by atoms with Crippen molar-refractivity contribution in [3.63, 3.8) is 0 Å². The Balaban J connectivity index is 3.02. The fourth-order valence-electron chi connectivity index (χ4n) is 0.982. The van der Waals surface area contributed by atoms with Gasteiger partial charge in [0, 0.05) is 0 Å². The highest BCUT2D eigenvalue weighted by Gasteiger charge is 2.07. The summed E-state index contributed by atoms with van der Waals surface area (Å²) in [6.07, 6.45) is 6.84. The van der Waals surface area contributed by atoms with Gasteiger partial charge in [-0.15, -0.1) is 0 Å². The van der Waals surface area contributed by atoms with E-state index in [0.29, 0.717) is 0 Å². The van der Waals surface area contributed by atoms with Gasteiger partial charge < -0.3 is 4.74 Å². The Bertz CT molecular complexity index is 263. The summed E-state index contributed by atoms with van der Waals surface area (Å²) in [5, 5.41) is 0. The summed E-state index contributed by atoms with van der Waals surface area (Å²) < 4.78 is 5.16. The van der Waals surface area contributed by atoms with E-state index < -0.39 is 10.0 Å². The van der Waals surface area contributed by atoms with Crippen LogP contribution in [0.2, 0.25) is 0 Å². The summed E-state index contributed by atoms with van der Waals surface area (Å²) in [6.45, 7) is 0. The highest BCUT2D eigenvalue weighted by atomic mass is 32.3. The van der Waals surface area contributed by atoms with Crippen molar-refractivity contribution in [2.75, 3.05) is 25.9 Å². The third-order valence-electron chi connectivity index (χ3n) is 1.75. The lowest BCUT2D eigenvalue weighted by Gasteiger charge is -2.25. The lowest BCUT2D eigenvalue weighted by atomic mass is 10.3. The number of hydrogen-bond donors (Lipinski definition) is 0. The van der Waals surface area contributed by atoms with Gasteiger partial charge in [0.15, 0.2) is 0 Å². The highest BCUT2D eigenvalue weighted by Crippen LogP contribution is 2.45.